The molecule has 1 amide bonds. The van der Waals surface area contributed by atoms with Crippen LogP contribution in [0.5, 0.6) is 11.5 Å². The molecule has 9 nitrogen and oxygen atoms in total. The van der Waals surface area contributed by atoms with Crippen LogP contribution >= 0.6 is 0 Å². The highest BCUT2D eigenvalue weighted by atomic mass is 16.5. The normalized spacial score (nSPS) is 17.5. The van der Waals surface area contributed by atoms with E-state index in [1.54, 1.807) is 23.2 Å². The molecule has 1 aromatic heterocycles. The van der Waals surface area contributed by atoms with Crippen LogP contribution < -0.4 is 10.5 Å². The lowest BCUT2D eigenvalue weighted by molar-refractivity contribution is -0.131. The fourth-order valence-corrected chi connectivity index (χ4v) is 3.37. The van der Waals surface area contributed by atoms with Gasteiger partial charge >= 0.3 is 5.97 Å². The molecule has 1 aliphatic rings. The summed E-state index contributed by atoms with van der Waals surface area (Å²) in [7, 11) is 0. The average Bonchev–Trinajstić information content (AvgIpc) is 3.33. The number of benzene rings is 1. The average molecular weight is 388 g/mol. The molecule has 0 aliphatic carbocycles. The van der Waals surface area contributed by atoms with Crippen LogP contribution in [0.15, 0.2) is 24.7 Å². The minimum atomic E-state index is -1.25. The zero-order valence-corrected chi connectivity index (χ0v) is 15.6. The molecule has 0 spiro atoms. The van der Waals surface area contributed by atoms with Crippen LogP contribution in [0.1, 0.15) is 35.0 Å². The molecule has 28 heavy (non-hydrogen) atoms. The maximum absolute atomic E-state index is 12.6. The summed E-state index contributed by atoms with van der Waals surface area (Å²) in [6, 6.07) is 2.51. The first kappa shape index (κ1) is 19.7. The van der Waals surface area contributed by atoms with Crippen molar-refractivity contribution in [2.75, 3.05) is 13.1 Å². The van der Waals surface area contributed by atoms with Crippen molar-refractivity contribution in [2.45, 2.75) is 38.3 Å². The smallest absolute Gasteiger partial charge is 0.343 e. The van der Waals surface area contributed by atoms with Gasteiger partial charge in [0.1, 0.15) is 23.2 Å². The van der Waals surface area contributed by atoms with Crippen molar-refractivity contribution in [3.8, 4) is 11.5 Å². The highest BCUT2D eigenvalue weighted by molar-refractivity contribution is 5.94. The number of amides is 1. The monoisotopic (exact) mass is 388 g/mol. The van der Waals surface area contributed by atoms with Crippen LogP contribution in [-0.2, 0) is 17.6 Å². The summed E-state index contributed by atoms with van der Waals surface area (Å²) in [5.41, 5.74) is 7.08. The van der Waals surface area contributed by atoms with E-state index in [1.807, 2.05) is 6.92 Å². The van der Waals surface area contributed by atoms with Crippen LogP contribution in [0.3, 0.4) is 0 Å². The van der Waals surface area contributed by atoms with Crippen LogP contribution in [0.2, 0.25) is 0 Å². The van der Waals surface area contributed by atoms with Gasteiger partial charge in [-0.2, -0.15) is 0 Å². The summed E-state index contributed by atoms with van der Waals surface area (Å²) in [4.78, 5) is 32.6. The number of aromatic amines is 1. The molecule has 5 N–H and O–H groups in total. The summed E-state index contributed by atoms with van der Waals surface area (Å²) in [5.74, 6) is -1.62. The van der Waals surface area contributed by atoms with Crippen molar-refractivity contribution in [3.63, 3.8) is 0 Å². The number of H-pyrrole nitrogens is 1. The van der Waals surface area contributed by atoms with Crippen LogP contribution in [0, 0.1) is 0 Å². The highest BCUT2D eigenvalue weighted by Crippen LogP contribution is 2.33. The van der Waals surface area contributed by atoms with Gasteiger partial charge in [-0.1, -0.05) is 13.0 Å². The molecule has 0 bridgehead atoms. The third kappa shape index (κ3) is 4.09. The lowest BCUT2D eigenvalue weighted by atomic mass is 10.1. The van der Waals surface area contributed by atoms with Crippen molar-refractivity contribution in [1.29, 1.82) is 0 Å². The number of imidazole rings is 1. The number of nitrogens with one attached hydrogen (secondary N) is 1. The Bertz CT molecular complexity index is 852. The number of carbonyl (C=O) groups is 2. The number of aromatic hydroxyl groups is 1. The fraction of sp³-hybridized carbons (Fsp3) is 0.421. The van der Waals surface area contributed by atoms with Crippen LogP contribution in [-0.4, -0.2) is 62.2 Å². The van der Waals surface area contributed by atoms with E-state index in [0.717, 1.165) is 5.69 Å². The number of aromatic carboxylic acids is 1. The maximum atomic E-state index is 12.6. The number of hydrogen-bond donors (Lipinski definition) is 4. The summed E-state index contributed by atoms with van der Waals surface area (Å²) >= 11 is 0. The molecule has 2 atom stereocenters. The molecule has 3 rings (SSSR count). The van der Waals surface area contributed by atoms with Crippen molar-refractivity contribution < 1.29 is 24.5 Å². The minimum Gasteiger partial charge on any atom is -0.507 e. The Balaban J connectivity index is 1.65. The second-order valence-electron chi connectivity index (χ2n) is 6.81. The topological polar surface area (TPSA) is 142 Å². The second-order valence-corrected chi connectivity index (χ2v) is 6.81. The molecule has 9 heteroatoms. The van der Waals surface area contributed by atoms with Gasteiger partial charge in [-0.3, -0.25) is 4.79 Å². The van der Waals surface area contributed by atoms with E-state index >= 15 is 0 Å². The molecule has 2 heterocycles. The number of aryl methyl sites for hydroxylation is 1. The first-order valence-electron chi connectivity index (χ1n) is 9.17. The number of aromatic nitrogens is 2. The van der Waals surface area contributed by atoms with Crippen molar-refractivity contribution in [3.05, 3.63) is 41.5 Å². The molecular weight excluding hydrogens is 364 g/mol. The SMILES string of the molecule is CCc1ccc(O[C@@H]2CCN(C(=O)C(N)Cc3cnc[nH]3)C2)c(C(=O)O)c1O. The summed E-state index contributed by atoms with van der Waals surface area (Å²) in [5, 5.41) is 19.6. The van der Waals surface area contributed by atoms with Crippen LogP contribution in [0.25, 0.3) is 0 Å². The summed E-state index contributed by atoms with van der Waals surface area (Å²) in [6.45, 7) is 2.61. The largest absolute Gasteiger partial charge is 0.507 e. The summed E-state index contributed by atoms with van der Waals surface area (Å²) < 4.78 is 5.82. The van der Waals surface area contributed by atoms with E-state index in [4.69, 9.17) is 10.5 Å². The first-order valence-corrected chi connectivity index (χ1v) is 9.17. The Kier molecular flexibility index (Phi) is 5.84. The van der Waals surface area contributed by atoms with Crippen molar-refractivity contribution in [2.24, 2.45) is 5.73 Å². The van der Waals surface area contributed by atoms with Gasteiger partial charge in [0.05, 0.1) is 18.9 Å². The van der Waals surface area contributed by atoms with Gasteiger partial charge in [-0.15, -0.1) is 0 Å². The van der Waals surface area contributed by atoms with Gasteiger partial charge in [0, 0.05) is 31.3 Å². The molecule has 2 aromatic rings. The van der Waals surface area contributed by atoms with Crippen molar-refractivity contribution in [1.82, 2.24) is 14.9 Å². The number of nitrogens with two attached hydrogens (primary N) is 1. The third-order valence-corrected chi connectivity index (χ3v) is 4.88. The van der Waals surface area contributed by atoms with Gasteiger partial charge in [-0.05, 0) is 18.1 Å². The number of carboxylic acids is 1. The number of likely N-dealkylation sites (tertiary alicyclic amines) is 1. The molecule has 1 aromatic carbocycles. The van der Waals surface area contributed by atoms with Gasteiger partial charge in [-0.25, -0.2) is 9.78 Å². The van der Waals surface area contributed by atoms with Crippen LogP contribution in [0.4, 0.5) is 0 Å². The predicted molar refractivity (Wildman–Crippen MR) is 100 cm³/mol. The lowest BCUT2D eigenvalue weighted by Gasteiger charge is -2.21. The van der Waals surface area contributed by atoms with E-state index in [0.29, 0.717) is 37.9 Å². The number of rotatable bonds is 7. The number of carboxylic acid groups (broad SMARTS) is 1. The minimum absolute atomic E-state index is 0.100. The van der Waals surface area contributed by atoms with E-state index in [1.165, 1.54) is 6.33 Å². The molecule has 1 saturated heterocycles. The number of hydrogen-bond acceptors (Lipinski definition) is 6. The molecule has 1 unspecified atom stereocenters. The molecular formula is C19H24N4O5. The first-order chi connectivity index (χ1) is 13.4. The number of carbonyl (C=O) groups excluding carboxylic acids is 1. The van der Waals surface area contributed by atoms with Gasteiger partial charge in [0.2, 0.25) is 5.91 Å². The predicted octanol–water partition coefficient (Wildman–Crippen LogP) is 0.926. The summed E-state index contributed by atoms with van der Waals surface area (Å²) in [6.07, 6.45) is 4.21. The van der Waals surface area contributed by atoms with E-state index in [9.17, 15) is 19.8 Å². The number of ether oxygens (including phenoxy) is 1. The van der Waals surface area contributed by atoms with Crippen molar-refractivity contribution >= 4 is 11.9 Å². The van der Waals surface area contributed by atoms with E-state index < -0.39 is 12.0 Å². The standard InChI is InChI=1S/C19H24N4O5/c1-2-11-3-4-15(16(17(11)24)19(26)27)28-13-5-6-23(9-13)18(25)14(20)7-12-8-21-10-22-12/h3-4,8,10,13-14,24H,2,5-7,9,20H2,1H3,(H,21,22)(H,26,27)/t13-,14?/m1/s1. The molecule has 150 valence electrons. The Morgan fingerprint density at radius 3 is 2.89 bits per heavy atom. The third-order valence-electron chi connectivity index (χ3n) is 4.88. The highest BCUT2D eigenvalue weighted by Gasteiger charge is 2.32. The molecule has 1 aliphatic heterocycles. The number of nitrogens with zero attached hydrogens (tertiary/aromatic N) is 2. The van der Waals surface area contributed by atoms with Gasteiger partial charge in [0.25, 0.3) is 0 Å². The van der Waals surface area contributed by atoms with Gasteiger partial charge in [0.15, 0.2) is 0 Å². The number of phenols is 1. The molecule has 1 fully saturated rings. The Morgan fingerprint density at radius 2 is 2.25 bits per heavy atom. The quantitative estimate of drug-likeness (QED) is 0.552. The molecule has 0 saturated carbocycles. The van der Waals surface area contributed by atoms with Gasteiger partial charge < -0.3 is 30.6 Å². The Morgan fingerprint density at radius 1 is 1.46 bits per heavy atom. The Labute approximate surface area is 162 Å². The van der Waals surface area contributed by atoms with E-state index in [-0.39, 0.29) is 29.1 Å². The van der Waals surface area contributed by atoms with E-state index in [2.05, 4.69) is 9.97 Å². The second kappa shape index (κ2) is 8.30. The lowest BCUT2D eigenvalue weighted by Crippen LogP contribution is -2.44. The zero-order valence-electron chi connectivity index (χ0n) is 15.6. The Hall–Kier alpha value is -3.07. The molecule has 0 radical (unpaired) electrons. The fourth-order valence-electron chi connectivity index (χ4n) is 3.37. The maximum Gasteiger partial charge on any atom is 0.343 e. The zero-order chi connectivity index (χ0) is 20.3.